The van der Waals surface area contributed by atoms with E-state index in [1.54, 1.807) is 0 Å². The SMILES string of the molecule is CCCCCCCCCCCCCCCCCCCCC(CC)OO. The first-order chi connectivity index (χ1) is 12.3. The van der Waals surface area contributed by atoms with E-state index in [4.69, 9.17) is 5.26 Å². The highest BCUT2D eigenvalue weighted by atomic mass is 17.1. The minimum Gasteiger partial charge on any atom is -0.252 e. The Morgan fingerprint density at radius 1 is 0.520 bits per heavy atom. The van der Waals surface area contributed by atoms with Gasteiger partial charge in [-0.1, -0.05) is 129 Å². The standard InChI is InChI=1S/C23H48O2/c1-3-5-6-7-8-9-10-11-12-13-14-15-16-17-18-19-20-21-22-23(4-2)25-24/h23-24H,3-22H2,1-2H3. The van der Waals surface area contributed by atoms with Gasteiger partial charge < -0.3 is 0 Å². The molecule has 0 spiro atoms. The Morgan fingerprint density at radius 2 is 0.840 bits per heavy atom. The second-order valence-corrected chi connectivity index (χ2v) is 7.93. The summed E-state index contributed by atoms with van der Waals surface area (Å²) in [7, 11) is 0. The molecule has 2 nitrogen and oxygen atoms in total. The Labute approximate surface area is 159 Å². The molecule has 0 heterocycles. The minimum absolute atomic E-state index is 0.0565. The summed E-state index contributed by atoms with van der Waals surface area (Å²) >= 11 is 0. The second-order valence-electron chi connectivity index (χ2n) is 7.93. The molecule has 0 aromatic rings. The lowest BCUT2D eigenvalue weighted by atomic mass is 10.0. The topological polar surface area (TPSA) is 29.5 Å². The van der Waals surface area contributed by atoms with Crippen molar-refractivity contribution in [3.05, 3.63) is 0 Å². The maximum atomic E-state index is 8.67. The van der Waals surface area contributed by atoms with E-state index in [1.807, 2.05) is 0 Å². The van der Waals surface area contributed by atoms with E-state index in [0.29, 0.717) is 0 Å². The molecule has 0 radical (unpaired) electrons. The third-order valence-electron chi connectivity index (χ3n) is 5.48. The van der Waals surface area contributed by atoms with E-state index >= 15 is 0 Å². The van der Waals surface area contributed by atoms with Gasteiger partial charge in [0.05, 0.1) is 6.10 Å². The Balaban J connectivity index is 3.03. The average Bonchev–Trinajstić information content (AvgIpc) is 2.64. The summed E-state index contributed by atoms with van der Waals surface area (Å²) in [5.41, 5.74) is 0. The Bertz CT molecular complexity index is 226. The third kappa shape index (κ3) is 20.1. The van der Waals surface area contributed by atoms with Crippen LogP contribution in [0, 0.1) is 0 Å². The van der Waals surface area contributed by atoms with Crippen LogP contribution in [0.1, 0.15) is 142 Å². The van der Waals surface area contributed by atoms with Gasteiger partial charge in [0.25, 0.3) is 0 Å². The Kier molecular flexibility index (Phi) is 21.9. The molecule has 1 unspecified atom stereocenters. The van der Waals surface area contributed by atoms with Crippen molar-refractivity contribution in [3.63, 3.8) is 0 Å². The molecule has 0 aliphatic heterocycles. The van der Waals surface area contributed by atoms with Gasteiger partial charge in [-0.2, -0.15) is 0 Å². The van der Waals surface area contributed by atoms with Crippen molar-refractivity contribution in [2.45, 2.75) is 148 Å². The molecule has 0 fully saturated rings. The van der Waals surface area contributed by atoms with Crippen molar-refractivity contribution >= 4 is 0 Å². The highest BCUT2D eigenvalue weighted by Crippen LogP contribution is 2.15. The molecule has 0 amide bonds. The fourth-order valence-electron chi connectivity index (χ4n) is 3.61. The lowest BCUT2D eigenvalue weighted by molar-refractivity contribution is -0.280. The summed E-state index contributed by atoms with van der Waals surface area (Å²) in [4.78, 5) is 4.43. The van der Waals surface area contributed by atoms with Gasteiger partial charge in [0.2, 0.25) is 0 Å². The lowest BCUT2D eigenvalue weighted by Gasteiger charge is -2.09. The molecular weight excluding hydrogens is 308 g/mol. The molecule has 2 heteroatoms. The van der Waals surface area contributed by atoms with Crippen LogP contribution in [-0.2, 0) is 4.89 Å². The van der Waals surface area contributed by atoms with Gasteiger partial charge in [-0.15, -0.1) is 0 Å². The van der Waals surface area contributed by atoms with Crippen LogP contribution in [0.4, 0.5) is 0 Å². The highest BCUT2D eigenvalue weighted by molar-refractivity contribution is 4.55. The van der Waals surface area contributed by atoms with Crippen molar-refractivity contribution < 1.29 is 10.1 Å². The van der Waals surface area contributed by atoms with Crippen LogP contribution in [0.3, 0.4) is 0 Å². The van der Waals surface area contributed by atoms with E-state index in [0.717, 1.165) is 12.8 Å². The predicted molar refractivity (Wildman–Crippen MR) is 111 cm³/mol. The van der Waals surface area contributed by atoms with Crippen molar-refractivity contribution in [2.24, 2.45) is 0 Å². The highest BCUT2D eigenvalue weighted by Gasteiger charge is 2.04. The van der Waals surface area contributed by atoms with Gasteiger partial charge in [0.1, 0.15) is 0 Å². The summed E-state index contributed by atoms with van der Waals surface area (Å²) in [5.74, 6) is 0. The second kappa shape index (κ2) is 22.0. The molecular formula is C23H48O2. The van der Waals surface area contributed by atoms with Crippen molar-refractivity contribution in [2.75, 3.05) is 0 Å². The van der Waals surface area contributed by atoms with E-state index in [9.17, 15) is 0 Å². The average molecular weight is 357 g/mol. The van der Waals surface area contributed by atoms with Crippen molar-refractivity contribution in [3.8, 4) is 0 Å². The molecule has 0 aromatic heterocycles. The monoisotopic (exact) mass is 356 g/mol. The fourth-order valence-corrected chi connectivity index (χ4v) is 3.61. The number of hydrogen-bond acceptors (Lipinski definition) is 2. The first kappa shape index (κ1) is 24.9. The first-order valence-electron chi connectivity index (χ1n) is 11.6. The quantitative estimate of drug-likeness (QED) is 0.127. The molecule has 1 atom stereocenters. The maximum Gasteiger partial charge on any atom is 0.0924 e. The van der Waals surface area contributed by atoms with Gasteiger partial charge in [-0.25, -0.2) is 4.89 Å². The van der Waals surface area contributed by atoms with Crippen molar-refractivity contribution in [1.29, 1.82) is 0 Å². The normalized spacial score (nSPS) is 12.6. The zero-order valence-corrected chi connectivity index (χ0v) is 17.6. The summed E-state index contributed by atoms with van der Waals surface area (Å²) in [6.07, 6.45) is 27.4. The zero-order chi connectivity index (χ0) is 18.4. The van der Waals surface area contributed by atoms with Crippen molar-refractivity contribution in [1.82, 2.24) is 0 Å². The maximum absolute atomic E-state index is 8.67. The summed E-state index contributed by atoms with van der Waals surface area (Å²) in [5, 5.41) is 8.67. The molecule has 0 aromatic carbocycles. The van der Waals surface area contributed by atoms with E-state index in [-0.39, 0.29) is 6.10 Å². The van der Waals surface area contributed by atoms with Crippen LogP contribution >= 0.6 is 0 Å². The van der Waals surface area contributed by atoms with Crippen LogP contribution in [0.5, 0.6) is 0 Å². The molecule has 0 rings (SSSR count). The largest absolute Gasteiger partial charge is 0.252 e. The molecule has 0 aliphatic rings. The summed E-state index contributed by atoms with van der Waals surface area (Å²) in [6, 6.07) is 0. The molecule has 0 saturated carbocycles. The Hall–Kier alpha value is -0.0800. The van der Waals surface area contributed by atoms with Gasteiger partial charge >= 0.3 is 0 Å². The summed E-state index contributed by atoms with van der Waals surface area (Å²) < 4.78 is 0. The van der Waals surface area contributed by atoms with Gasteiger partial charge in [-0.05, 0) is 12.8 Å². The fraction of sp³-hybridized carbons (Fsp3) is 1.00. The first-order valence-corrected chi connectivity index (χ1v) is 11.6. The number of hydrogen-bond donors (Lipinski definition) is 1. The molecule has 25 heavy (non-hydrogen) atoms. The number of unbranched alkanes of at least 4 members (excludes halogenated alkanes) is 17. The van der Waals surface area contributed by atoms with Gasteiger partial charge in [0.15, 0.2) is 0 Å². The lowest BCUT2D eigenvalue weighted by Crippen LogP contribution is -2.08. The van der Waals surface area contributed by atoms with Crippen LogP contribution in [0.2, 0.25) is 0 Å². The van der Waals surface area contributed by atoms with E-state index in [1.165, 1.54) is 116 Å². The summed E-state index contributed by atoms with van der Waals surface area (Å²) in [6.45, 7) is 4.35. The molecule has 152 valence electrons. The van der Waals surface area contributed by atoms with Crippen LogP contribution < -0.4 is 0 Å². The predicted octanol–water partition coefficient (Wildman–Crippen LogP) is 8.69. The van der Waals surface area contributed by atoms with E-state index in [2.05, 4.69) is 18.7 Å². The molecule has 0 bridgehead atoms. The Morgan fingerprint density at radius 3 is 1.12 bits per heavy atom. The van der Waals surface area contributed by atoms with E-state index < -0.39 is 0 Å². The van der Waals surface area contributed by atoms with Crippen LogP contribution in [-0.4, -0.2) is 11.4 Å². The smallest absolute Gasteiger partial charge is 0.0924 e. The van der Waals surface area contributed by atoms with Gasteiger partial charge in [0, 0.05) is 0 Å². The molecule has 0 aliphatic carbocycles. The third-order valence-corrected chi connectivity index (χ3v) is 5.48. The van der Waals surface area contributed by atoms with Crippen LogP contribution in [0.25, 0.3) is 0 Å². The zero-order valence-electron chi connectivity index (χ0n) is 17.6. The van der Waals surface area contributed by atoms with Gasteiger partial charge in [-0.3, -0.25) is 5.26 Å². The molecule has 0 saturated heterocycles. The molecule has 1 N–H and O–H groups in total. The van der Waals surface area contributed by atoms with Crippen LogP contribution in [0.15, 0.2) is 0 Å². The minimum atomic E-state index is 0.0565. The number of rotatable bonds is 21.